The van der Waals surface area contributed by atoms with Gasteiger partial charge >= 0.3 is 0 Å². The molecule has 2 N–H and O–H groups in total. The van der Waals surface area contributed by atoms with Gasteiger partial charge < -0.3 is 19.4 Å². The van der Waals surface area contributed by atoms with Crippen molar-refractivity contribution in [1.29, 1.82) is 0 Å². The minimum atomic E-state index is -0.310. The Balaban J connectivity index is 1.20. The fraction of sp³-hybridized carbons (Fsp3) is 0.353. The zero-order valence-electron chi connectivity index (χ0n) is 26.0. The summed E-state index contributed by atoms with van der Waals surface area (Å²) in [5.41, 5.74) is 8.73. The van der Waals surface area contributed by atoms with Crippen molar-refractivity contribution in [3.63, 3.8) is 0 Å². The topological polar surface area (TPSA) is 102 Å². The summed E-state index contributed by atoms with van der Waals surface area (Å²) in [6, 6.07) is 28.5. The number of aromatic nitrogens is 3. The zero-order valence-corrected chi connectivity index (χ0v) is 26.0. The highest BCUT2D eigenvalue weighted by Gasteiger charge is 2.28. The maximum absolute atomic E-state index is 12.9. The number of carbonyl (C=O) groups excluding carboxylic acids is 1. The molecule has 0 radical (unpaired) electrons. The highest BCUT2D eigenvalue weighted by atomic mass is 16.5. The number of nitrogens with zero attached hydrogens (tertiary/aromatic N) is 7. The number of rotatable bonds is 10. The van der Waals surface area contributed by atoms with E-state index in [2.05, 4.69) is 98.0 Å². The average molecular weight is 608 g/mol. The third-order valence-corrected chi connectivity index (χ3v) is 8.53. The predicted molar refractivity (Wildman–Crippen MR) is 177 cm³/mol. The van der Waals surface area contributed by atoms with Crippen molar-refractivity contribution in [2.24, 2.45) is 0 Å². The molecule has 2 aliphatic heterocycles. The number of carbonyl (C=O) groups is 1. The van der Waals surface area contributed by atoms with Crippen molar-refractivity contribution in [2.45, 2.75) is 13.0 Å². The molecule has 0 aliphatic carbocycles. The number of methoxy groups -OCH3 is 1. The molecule has 1 aromatic heterocycles. The Morgan fingerprint density at radius 1 is 0.756 bits per heavy atom. The van der Waals surface area contributed by atoms with Gasteiger partial charge in [0.1, 0.15) is 5.75 Å². The maximum Gasteiger partial charge on any atom is 0.269 e. The molecule has 2 saturated heterocycles. The molecule has 2 aliphatic rings. The molecule has 45 heavy (non-hydrogen) atoms. The molecule has 234 valence electrons. The van der Waals surface area contributed by atoms with Gasteiger partial charge in [-0.25, -0.2) is 0 Å². The molecule has 2 fully saturated rings. The quantitative estimate of drug-likeness (QED) is 0.260. The molecule has 1 amide bonds. The Bertz CT molecular complexity index is 1500. The third kappa shape index (κ3) is 7.33. The molecule has 11 nitrogen and oxygen atoms in total. The van der Waals surface area contributed by atoms with Crippen LogP contribution in [0.3, 0.4) is 0 Å². The molecule has 3 aromatic carbocycles. The molecular formula is C34H41N9O2. The molecule has 6 rings (SSSR count). The van der Waals surface area contributed by atoms with Crippen LogP contribution < -0.4 is 25.4 Å². The summed E-state index contributed by atoms with van der Waals surface area (Å²) in [7, 11) is 1.58. The van der Waals surface area contributed by atoms with Crippen molar-refractivity contribution in [1.82, 2.24) is 30.2 Å². The van der Waals surface area contributed by atoms with Crippen LogP contribution in [0.4, 0.5) is 17.8 Å². The molecule has 0 spiro atoms. The largest absolute Gasteiger partial charge is 0.497 e. The van der Waals surface area contributed by atoms with Gasteiger partial charge in [0.05, 0.1) is 13.2 Å². The minimum absolute atomic E-state index is 0.169. The highest BCUT2D eigenvalue weighted by molar-refractivity contribution is 5.95. The number of anilines is 3. The summed E-state index contributed by atoms with van der Waals surface area (Å²) >= 11 is 0. The molecule has 3 heterocycles. The number of piperazine rings is 2. The summed E-state index contributed by atoms with van der Waals surface area (Å²) in [4.78, 5) is 36.7. The lowest BCUT2D eigenvalue weighted by Crippen LogP contribution is -2.49. The smallest absolute Gasteiger partial charge is 0.269 e. The molecule has 0 atom stereocenters. The molecule has 11 heteroatoms. The van der Waals surface area contributed by atoms with Gasteiger partial charge in [-0.1, -0.05) is 73.7 Å². The molecule has 0 bridgehead atoms. The molecular weight excluding hydrogens is 566 g/mol. The van der Waals surface area contributed by atoms with E-state index in [0.29, 0.717) is 29.2 Å². The average Bonchev–Trinajstić information content (AvgIpc) is 3.12. The number of hydrogen-bond donors (Lipinski definition) is 2. The van der Waals surface area contributed by atoms with Gasteiger partial charge in [0.25, 0.3) is 5.91 Å². The first kappa shape index (κ1) is 30.3. The summed E-state index contributed by atoms with van der Waals surface area (Å²) in [6.07, 6.45) is 0. The van der Waals surface area contributed by atoms with Gasteiger partial charge in [-0.3, -0.25) is 20.5 Å². The fourth-order valence-electron chi connectivity index (χ4n) is 5.97. The predicted octanol–water partition coefficient (Wildman–Crippen LogP) is 3.69. The van der Waals surface area contributed by atoms with Gasteiger partial charge in [0.2, 0.25) is 17.8 Å². The first-order valence-corrected chi connectivity index (χ1v) is 15.6. The Morgan fingerprint density at radius 2 is 1.33 bits per heavy atom. The highest BCUT2D eigenvalue weighted by Crippen LogP contribution is 2.30. The molecule has 0 saturated carbocycles. The van der Waals surface area contributed by atoms with E-state index in [1.807, 2.05) is 0 Å². The second kappa shape index (κ2) is 14.4. The first-order chi connectivity index (χ1) is 22.1. The number of ether oxygens (including phenoxy) is 1. The van der Waals surface area contributed by atoms with Crippen molar-refractivity contribution in [3.8, 4) is 5.75 Å². The van der Waals surface area contributed by atoms with E-state index >= 15 is 0 Å². The number of hydrazine groups is 1. The van der Waals surface area contributed by atoms with E-state index < -0.39 is 0 Å². The zero-order chi connectivity index (χ0) is 31.0. The number of nitrogens with one attached hydrogen (secondary N) is 2. The normalized spacial score (nSPS) is 16.1. The van der Waals surface area contributed by atoms with E-state index in [0.717, 1.165) is 58.9 Å². The lowest BCUT2D eigenvalue weighted by Gasteiger charge is -2.40. The van der Waals surface area contributed by atoms with E-state index in [1.165, 1.54) is 11.1 Å². The fourth-order valence-corrected chi connectivity index (χ4v) is 5.97. The van der Waals surface area contributed by atoms with Crippen molar-refractivity contribution >= 4 is 23.8 Å². The second-order valence-electron chi connectivity index (χ2n) is 11.2. The van der Waals surface area contributed by atoms with Gasteiger partial charge in [0.15, 0.2) is 0 Å². The SMILES string of the molecule is CCN1CCN(c2nc(NNC(=O)c3cccc(OC)c3)nc(N3CCN(C(c4ccccc4)c4ccccc4)CC3)n2)CC1. The van der Waals surface area contributed by atoms with Crippen molar-refractivity contribution in [2.75, 3.05) is 81.2 Å². The van der Waals surface area contributed by atoms with Gasteiger partial charge in [0, 0.05) is 57.9 Å². The maximum atomic E-state index is 12.9. The van der Waals surface area contributed by atoms with Gasteiger partial charge in [-0.2, -0.15) is 15.0 Å². The standard InChI is InChI=1S/C34H41N9O2/c1-3-40-17-19-42(20-18-40)33-35-32(39-38-31(44)28-15-10-16-29(25-28)45-2)36-34(37-33)43-23-21-41(22-24-43)30(26-11-6-4-7-12-26)27-13-8-5-9-14-27/h4-16,25,30H,3,17-24H2,1-2H3,(H,38,44)(H,35,36,37,39). The Kier molecular flexibility index (Phi) is 9.67. The van der Waals surface area contributed by atoms with E-state index in [1.54, 1.807) is 31.4 Å². The van der Waals surface area contributed by atoms with Gasteiger partial charge in [-0.15, -0.1) is 0 Å². The van der Waals surface area contributed by atoms with Crippen LogP contribution in [0.25, 0.3) is 0 Å². The first-order valence-electron chi connectivity index (χ1n) is 15.6. The molecule has 0 unspecified atom stereocenters. The van der Waals surface area contributed by atoms with Crippen LogP contribution in [-0.4, -0.2) is 96.7 Å². The lowest BCUT2D eigenvalue weighted by molar-refractivity contribution is 0.0962. The van der Waals surface area contributed by atoms with Crippen molar-refractivity contribution < 1.29 is 9.53 Å². The molecule has 4 aromatic rings. The van der Waals surface area contributed by atoms with Crippen LogP contribution in [0.2, 0.25) is 0 Å². The summed E-state index contributed by atoms with van der Waals surface area (Å²) in [5, 5.41) is 0. The monoisotopic (exact) mass is 607 g/mol. The summed E-state index contributed by atoms with van der Waals surface area (Å²) in [6.45, 7) is 9.99. The van der Waals surface area contributed by atoms with Crippen LogP contribution in [0.15, 0.2) is 84.9 Å². The summed E-state index contributed by atoms with van der Waals surface area (Å²) < 4.78 is 5.27. The van der Waals surface area contributed by atoms with E-state index in [4.69, 9.17) is 19.7 Å². The van der Waals surface area contributed by atoms with Crippen LogP contribution in [0.5, 0.6) is 5.75 Å². The lowest BCUT2D eigenvalue weighted by atomic mass is 9.96. The second-order valence-corrected chi connectivity index (χ2v) is 11.2. The number of benzene rings is 3. The van der Waals surface area contributed by atoms with Crippen LogP contribution in [0.1, 0.15) is 34.5 Å². The van der Waals surface area contributed by atoms with Gasteiger partial charge in [-0.05, 0) is 35.9 Å². The van der Waals surface area contributed by atoms with Crippen LogP contribution in [-0.2, 0) is 0 Å². The van der Waals surface area contributed by atoms with Crippen LogP contribution >= 0.6 is 0 Å². The Morgan fingerprint density at radius 3 is 1.89 bits per heavy atom. The summed E-state index contributed by atoms with van der Waals surface area (Å²) in [5.74, 6) is 1.82. The number of likely N-dealkylation sites (N-methyl/N-ethyl adjacent to an activating group) is 1. The van der Waals surface area contributed by atoms with E-state index in [-0.39, 0.29) is 11.9 Å². The third-order valence-electron chi connectivity index (χ3n) is 8.53. The number of hydrogen-bond acceptors (Lipinski definition) is 10. The van der Waals surface area contributed by atoms with Crippen LogP contribution in [0, 0.1) is 0 Å². The minimum Gasteiger partial charge on any atom is -0.497 e. The number of amides is 1. The Hall–Kier alpha value is -4.74. The van der Waals surface area contributed by atoms with Crippen molar-refractivity contribution in [3.05, 3.63) is 102 Å². The Labute approximate surface area is 264 Å². The van der Waals surface area contributed by atoms with E-state index in [9.17, 15) is 4.79 Å².